The highest BCUT2D eigenvalue weighted by molar-refractivity contribution is 6.41. The maximum Gasteiger partial charge on any atom is 0.313 e. The highest BCUT2D eigenvalue weighted by Crippen LogP contribution is 2.27. The largest absolute Gasteiger partial charge is 0.348 e. The van der Waals surface area contributed by atoms with Crippen molar-refractivity contribution in [3.05, 3.63) is 28.3 Å². The second-order valence-corrected chi connectivity index (χ2v) is 4.91. The SMILES string of the molecule is CCCCNC(=O)C(=O)Nc1c(C)cc(C)cc1Cl. The van der Waals surface area contributed by atoms with Crippen LogP contribution in [0.1, 0.15) is 30.9 Å². The van der Waals surface area contributed by atoms with Crippen molar-refractivity contribution in [1.29, 1.82) is 0 Å². The quantitative estimate of drug-likeness (QED) is 0.659. The molecule has 2 N–H and O–H groups in total. The molecule has 1 rings (SSSR count). The first-order valence-electron chi connectivity index (χ1n) is 6.31. The first-order valence-corrected chi connectivity index (χ1v) is 6.69. The van der Waals surface area contributed by atoms with Crippen LogP contribution in [0.4, 0.5) is 5.69 Å². The Kier molecular flexibility index (Phi) is 5.83. The molecule has 0 spiro atoms. The number of benzene rings is 1. The molecule has 0 radical (unpaired) electrons. The molecule has 19 heavy (non-hydrogen) atoms. The van der Waals surface area contributed by atoms with Crippen LogP contribution in [0.15, 0.2) is 12.1 Å². The Morgan fingerprint density at radius 2 is 1.89 bits per heavy atom. The van der Waals surface area contributed by atoms with Gasteiger partial charge in [-0.05, 0) is 37.5 Å². The Labute approximate surface area is 118 Å². The van der Waals surface area contributed by atoms with Gasteiger partial charge >= 0.3 is 11.8 Å². The van der Waals surface area contributed by atoms with E-state index in [2.05, 4.69) is 10.6 Å². The molecule has 1 aromatic carbocycles. The molecule has 0 saturated carbocycles. The van der Waals surface area contributed by atoms with E-state index < -0.39 is 11.8 Å². The summed E-state index contributed by atoms with van der Waals surface area (Å²) in [5.74, 6) is -1.32. The number of carbonyl (C=O) groups is 2. The fraction of sp³-hybridized carbons (Fsp3) is 0.429. The standard InChI is InChI=1S/C14H19ClN2O2/c1-4-5-6-16-13(18)14(19)17-12-10(3)7-9(2)8-11(12)15/h7-8H,4-6H2,1-3H3,(H,16,18)(H,17,19). The van der Waals surface area contributed by atoms with Gasteiger partial charge in [-0.1, -0.05) is 31.0 Å². The highest BCUT2D eigenvalue weighted by atomic mass is 35.5. The van der Waals surface area contributed by atoms with Crippen molar-refractivity contribution < 1.29 is 9.59 Å². The number of anilines is 1. The summed E-state index contributed by atoms with van der Waals surface area (Å²) in [5, 5.41) is 5.55. The lowest BCUT2D eigenvalue weighted by Crippen LogP contribution is -2.36. The number of aryl methyl sites for hydroxylation is 2. The van der Waals surface area contributed by atoms with Crippen molar-refractivity contribution in [2.45, 2.75) is 33.6 Å². The van der Waals surface area contributed by atoms with Crippen LogP contribution in [-0.4, -0.2) is 18.4 Å². The van der Waals surface area contributed by atoms with Crippen molar-refractivity contribution in [2.75, 3.05) is 11.9 Å². The van der Waals surface area contributed by atoms with Crippen LogP contribution in [0.2, 0.25) is 5.02 Å². The lowest BCUT2D eigenvalue weighted by Gasteiger charge is -2.11. The third kappa shape index (κ3) is 4.56. The lowest BCUT2D eigenvalue weighted by atomic mass is 10.1. The zero-order valence-corrected chi connectivity index (χ0v) is 12.2. The molecule has 4 nitrogen and oxygen atoms in total. The van der Waals surface area contributed by atoms with E-state index >= 15 is 0 Å². The molecule has 5 heteroatoms. The number of halogens is 1. The predicted octanol–water partition coefficient (Wildman–Crippen LogP) is 2.81. The number of carbonyl (C=O) groups excluding carboxylic acids is 2. The molecule has 0 heterocycles. The maximum absolute atomic E-state index is 11.7. The summed E-state index contributed by atoms with van der Waals surface area (Å²) in [5.41, 5.74) is 2.33. The first kappa shape index (κ1) is 15.5. The monoisotopic (exact) mass is 282 g/mol. The van der Waals surface area contributed by atoms with Crippen LogP contribution in [-0.2, 0) is 9.59 Å². The average molecular weight is 283 g/mol. The third-order valence-corrected chi connectivity index (χ3v) is 2.99. The number of hydrogen-bond donors (Lipinski definition) is 2. The smallest absolute Gasteiger partial charge is 0.313 e. The summed E-state index contributed by atoms with van der Waals surface area (Å²) >= 11 is 6.06. The minimum absolute atomic E-state index is 0.437. The van der Waals surface area contributed by atoms with Gasteiger partial charge in [0.1, 0.15) is 0 Å². The number of amides is 2. The molecule has 104 valence electrons. The zero-order valence-electron chi connectivity index (χ0n) is 11.5. The van der Waals surface area contributed by atoms with Gasteiger partial charge in [-0.3, -0.25) is 9.59 Å². The molecule has 0 atom stereocenters. The van der Waals surface area contributed by atoms with E-state index in [0.717, 1.165) is 24.0 Å². The van der Waals surface area contributed by atoms with Crippen LogP contribution in [0, 0.1) is 13.8 Å². The van der Waals surface area contributed by atoms with Crippen LogP contribution >= 0.6 is 11.6 Å². The van der Waals surface area contributed by atoms with Gasteiger partial charge in [0.05, 0.1) is 10.7 Å². The zero-order chi connectivity index (χ0) is 14.4. The second kappa shape index (κ2) is 7.14. The van der Waals surface area contributed by atoms with Gasteiger partial charge in [-0.15, -0.1) is 0 Å². The Morgan fingerprint density at radius 3 is 2.47 bits per heavy atom. The Bertz CT molecular complexity index is 463. The van der Waals surface area contributed by atoms with Crippen molar-refractivity contribution in [1.82, 2.24) is 5.32 Å². The Hall–Kier alpha value is -1.55. The summed E-state index contributed by atoms with van der Waals surface area (Å²) in [6.45, 7) is 6.27. The molecule has 0 unspecified atom stereocenters. The number of hydrogen-bond acceptors (Lipinski definition) is 2. The number of unbranched alkanes of at least 4 members (excludes halogenated alkanes) is 1. The van der Waals surface area contributed by atoms with E-state index in [4.69, 9.17) is 11.6 Å². The molecule has 0 aromatic heterocycles. The molecular formula is C14H19ClN2O2. The molecule has 0 saturated heterocycles. The van der Waals surface area contributed by atoms with Crippen molar-refractivity contribution in [2.24, 2.45) is 0 Å². The molecule has 2 amide bonds. The van der Waals surface area contributed by atoms with E-state index in [1.165, 1.54) is 0 Å². The predicted molar refractivity (Wildman–Crippen MR) is 77.5 cm³/mol. The summed E-state index contributed by atoms with van der Waals surface area (Å²) < 4.78 is 0. The van der Waals surface area contributed by atoms with Crippen LogP contribution < -0.4 is 10.6 Å². The van der Waals surface area contributed by atoms with E-state index in [0.29, 0.717) is 17.3 Å². The van der Waals surface area contributed by atoms with Gasteiger partial charge in [0.15, 0.2) is 0 Å². The van der Waals surface area contributed by atoms with Crippen molar-refractivity contribution in [3.63, 3.8) is 0 Å². The molecule has 0 aliphatic rings. The summed E-state index contributed by atoms with van der Waals surface area (Å²) in [4.78, 5) is 23.3. The third-order valence-electron chi connectivity index (χ3n) is 2.69. The second-order valence-electron chi connectivity index (χ2n) is 4.50. The lowest BCUT2D eigenvalue weighted by molar-refractivity contribution is -0.136. The summed E-state index contributed by atoms with van der Waals surface area (Å²) in [7, 11) is 0. The van der Waals surface area contributed by atoms with Gasteiger partial charge in [0, 0.05) is 6.54 Å². The average Bonchev–Trinajstić information content (AvgIpc) is 2.33. The summed E-state index contributed by atoms with van der Waals surface area (Å²) in [6.07, 6.45) is 1.81. The fourth-order valence-electron chi connectivity index (χ4n) is 1.70. The maximum atomic E-state index is 11.7. The van der Waals surface area contributed by atoms with E-state index in [-0.39, 0.29) is 0 Å². The van der Waals surface area contributed by atoms with Crippen LogP contribution in [0.25, 0.3) is 0 Å². The van der Waals surface area contributed by atoms with Gasteiger partial charge in [-0.2, -0.15) is 0 Å². The van der Waals surface area contributed by atoms with E-state index in [9.17, 15) is 9.59 Å². The minimum atomic E-state index is -0.690. The van der Waals surface area contributed by atoms with E-state index in [1.807, 2.05) is 26.8 Å². The number of nitrogens with one attached hydrogen (secondary N) is 2. The molecule has 0 fully saturated rings. The first-order chi connectivity index (χ1) is 8.95. The molecule has 1 aromatic rings. The van der Waals surface area contributed by atoms with Crippen molar-refractivity contribution >= 4 is 29.1 Å². The number of rotatable bonds is 4. The van der Waals surface area contributed by atoms with Crippen LogP contribution in [0.3, 0.4) is 0 Å². The Balaban J connectivity index is 2.69. The highest BCUT2D eigenvalue weighted by Gasteiger charge is 2.15. The summed E-state index contributed by atoms with van der Waals surface area (Å²) in [6, 6.07) is 3.65. The minimum Gasteiger partial charge on any atom is -0.348 e. The van der Waals surface area contributed by atoms with Gasteiger partial charge < -0.3 is 10.6 Å². The molecule has 0 aliphatic carbocycles. The molecule has 0 aliphatic heterocycles. The van der Waals surface area contributed by atoms with Crippen LogP contribution in [0.5, 0.6) is 0 Å². The van der Waals surface area contributed by atoms with Gasteiger partial charge in [-0.25, -0.2) is 0 Å². The van der Waals surface area contributed by atoms with Gasteiger partial charge in [0.25, 0.3) is 0 Å². The normalized spacial score (nSPS) is 10.1. The fourth-order valence-corrected chi connectivity index (χ4v) is 2.07. The Morgan fingerprint density at radius 1 is 1.21 bits per heavy atom. The molecule has 0 bridgehead atoms. The van der Waals surface area contributed by atoms with E-state index in [1.54, 1.807) is 6.07 Å². The molecular weight excluding hydrogens is 264 g/mol. The van der Waals surface area contributed by atoms with Crippen molar-refractivity contribution in [3.8, 4) is 0 Å². The topological polar surface area (TPSA) is 58.2 Å². The van der Waals surface area contributed by atoms with Gasteiger partial charge in [0.2, 0.25) is 0 Å².